The van der Waals surface area contributed by atoms with Gasteiger partial charge in [-0.05, 0) is 43.0 Å². The number of fused-ring (bicyclic) bond motifs is 1. The van der Waals surface area contributed by atoms with Gasteiger partial charge in [0.25, 0.3) is 0 Å². The number of hydrogen-bond acceptors (Lipinski definition) is 7. The third kappa shape index (κ3) is 5.50. The lowest BCUT2D eigenvalue weighted by molar-refractivity contribution is -0.111. The largest absolute Gasteiger partial charge is 0.446 e. The van der Waals surface area contributed by atoms with Crippen molar-refractivity contribution in [3.05, 3.63) is 69.6 Å². The number of nitriles is 1. The van der Waals surface area contributed by atoms with Gasteiger partial charge in [-0.3, -0.25) is 14.5 Å². The first-order valence-corrected chi connectivity index (χ1v) is 11.6. The van der Waals surface area contributed by atoms with Gasteiger partial charge in [-0.25, -0.2) is 4.79 Å². The van der Waals surface area contributed by atoms with Crippen molar-refractivity contribution in [1.82, 2.24) is 20.1 Å². The van der Waals surface area contributed by atoms with Gasteiger partial charge in [0.1, 0.15) is 17.2 Å². The van der Waals surface area contributed by atoms with Crippen molar-refractivity contribution in [2.75, 3.05) is 5.32 Å². The number of anilines is 1. The monoisotopic (exact) mass is 476 g/mol. The maximum Gasteiger partial charge on any atom is 0.407 e. The first kappa shape index (κ1) is 23.2. The number of ether oxygens (including phenoxy) is 1. The Morgan fingerprint density at radius 1 is 1.44 bits per heavy atom. The smallest absolute Gasteiger partial charge is 0.407 e. The van der Waals surface area contributed by atoms with Gasteiger partial charge in [0.2, 0.25) is 5.91 Å². The summed E-state index contributed by atoms with van der Waals surface area (Å²) < 4.78 is 7.31. The molecular weight excluding hydrogens is 452 g/mol. The molecule has 3 heterocycles. The molecule has 0 radical (unpaired) electrons. The number of thiophene rings is 1. The van der Waals surface area contributed by atoms with Crippen molar-refractivity contribution in [1.29, 1.82) is 5.26 Å². The molecule has 0 saturated heterocycles. The molecule has 1 atom stereocenters. The summed E-state index contributed by atoms with van der Waals surface area (Å²) in [6.45, 7) is 2.23. The van der Waals surface area contributed by atoms with Crippen molar-refractivity contribution in [3.8, 4) is 6.07 Å². The number of amides is 2. The number of rotatable bonds is 6. The van der Waals surface area contributed by atoms with E-state index in [2.05, 4.69) is 26.8 Å². The van der Waals surface area contributed by atoms with E-state index in [0.29, 0.717) is 36.4 Å². The Morgan fingerprint density at radius 3 is 3.00 bits per heavy atom. The van der Waals surface area contributed by atoms with E-state index in [-0.39, 0.29) is 12.0 Å². The van der Waals surface area contributed by atoms with Crippen LogP contribution in [0.15, 0.2) is 36.8 Å². The minimum absolute atomic E-state index is 0.290. The molecular formula is C24H24N6O3S. The quantitative estimate of drug-likeness (QED) is 0.525. The number of hydrogen-bond donors (Lipinski definition) is 2. The lowest BCUT2D eigenvalue weighted by atomic mass is 9.94. The third-order valence-corrected chi connectivity index (χ3v) is 6.66. The van der Waals surface area contributed by atoms with Gasteiger partial charge in [0.05, 0.1) is 11.3 Å². The number of nitrogens with zero attached hydrogens (tertiary/aromatic N) is 4. The molecule has 2 amide bonds. The molecule has 0 fully saturated rings. The number of nitrogens with one attached hydrogen (secondary N) is 2. The normalized spacial score (nSPS) is 14.9. The zero-order valence-corrected chi connectivity index (χ0v) is 19.7. The first-order valence-electron chi connectivity index (χ1n) is 10.8. The highest BCUT2D eigenvalue weighted by Gasteiger charge is 2.28. The van der Waals surface area contributed by atoms with E-state index in [0.717, 1.165) is 27.3 Å². The van der Waals surface area contributed by atoms with Gasteiger partial charge in [-0.1, -0.05) is 6.07 Å². The summed E-state index contributed by atoms with van der Waals surface area (Å²) >= 11 is 1.36. The second-order valence-corrected chi connectivity index (χ2v) is 9.07. The summed E-state index contributed by atoms with van der Waals surface area (Å²) in [5.74, 6) is -0.322. The van der Waals surface area contributed by atoms with Crippen molar-refractivity contribution >= 4 is 34.4 Å². The summed E-state index contributed by atoms with van der Waals surface area (Å²) in [7, 11) is 1.83. The van der Waals surface area contributed by atoms with Crippen LogP contribution >= 0.6 is 11.3 Å². The number of pyridine rings is 1. The lowest BCUT2D eigenvalue weighted by Gasteiger charge is -2.22. The Balaban J connectivity index is 1.36. The van der Waals surface area contributed by atoms with Crippen LogP contribution in [0, 0.1) is 18.3 Å². The van der Waals surface area contributed by atoms with Crippen LogP contribution in [-0.4, -0.2) is 32.9 Å². The molecule has 2 N–H and O–H groups in total. The summed E-state index contributed by atoms with van der Waals surface area (Å²) in [6, 6.07) is 5.85. The van der Waals surface area contributed by atoms with Crippen LogP contribution in [0.1, 0.15) is 39.2 Å². The Labute approximate surface area is 201 Å². The van der Waals surface area contributed by atoms with Crippen molar-refractivity contribution in [2.24, 2.45) is 7.05 Å². The van der Waals surface area contributed by atoms with E-state index in [1.54, 1.807) is 29.2 Å². The van der Waals surface area contributed by atoms with Crippen molar-refractivity contribution in [3.63, 3.8) is 0 Å². The van der Waals surface area contributed by atoms with Gasteiger partial charge >= 0.3 is 6.09 Å². The minimum atomic E-state index is -0.483. The maximum atomic E-state index is 12.4. The van der Waals surface area contributed by atoms with E-state index in [9.17, 15) is 14.9 Å². The number of carbonyl (C=O) groups is 2. The number of aromatic nitrogens is 3. The summed E-state index contributed by atoms with van der Waals surface area (Å²) in [4.78, 5) is 29.6. The summed E-state index contributed by atoms with van der Waals surface area (Å²) in [5.41, 5.74) is 4.00. The van der Waals surface area contributed by atoms with E-state index in [1.807, 2.05) is 26.2 Å². The number of alkyl carbamates (subject to hydrolysis) is 1. The maximum absolute atomic E-state index is 12.4. The highest BCUT2D eigenvalue weighted by Crippen LogP contribution is 2.38. The molecule has 1 unspecified atom stereocenters. The average molecular weight is 477 g/mol. The predicted octanol–water partition coefficient (Wildman–Crippen LogP) is 3.49. The van der Waals surface area contributed by atoms with Gasteiger partial charge in [-0.15, -0.1) is 11.3 Å². The third-order valence-electron chi connectivity index (χ3n) is 5.49. The highest BCUT2D eigenvalue weighted by atomic mass is 32.1. The SMILES string of the molecule is Cc1nn(C)cc1CNC(=O)OC1CCc2c(sc(NC(=O)C=Cc3cccnc3)c2C#N)C1. The lowest BCUT2D eigenvalue weighted by Crippen LogP contribution is -2.31. The Kier molecular flexibility index (Phi) is 7.04. The molecule has 0 aliphatic heterocycles. The predicted molar refractivity (Wildman–Crippen MR) is 128 cm³/mol. The zero-order chi connectivity index (χ0) is 24.1. The van der Waals surface area contributed by atoms with Gasteiger partial charge < -0.3 is 15.4 Å². The molecule has 0 saturated carbocycles. The van der Waals surface area contributed by atoms with E-state index < -0.39 is 6.09 Å². The van der Waals surface area contributed by atoms with Crippen LogP contribution in [0.25, 0.3) is 6.08 Å². The molecule has 0 bridgehead atoms. The van der Waals surface area contributed by atoms with E-state index >= 15 is 0 Å². The topological polar surface area (TPSA) is 122 Å². The Hall–Kier alpha value is -3.97. The Bertz CT molecular complexity index is 1270. The number of carbonyl (C=O) groups excluding carboxylic acids is 2. The molecule has 9 nitrogen and oxygen atoms in total. The summed E-state index contributed by atoms with van der Waals surface area (Å²) in [5, 5.41) is 20.0. The minimum Gasteiger partial charge on any atom is -0.446 e. The number of aryl methyl sites for hydroxylation is 2. The van der Waals surface area contributed by atoms with Crippen LogP contribution < -0.4 is 10.6 Å². The van der Waals surface area contributed by atoms with E-state index in [4.69, 9.17) is 4.74 Å². The fraction of sp³-hybridized carbons (Fsp3) is 0.292. The highest BCUT2D eigenvalue weighted by molar-refractivity contribution is 7.16. The second-order valence-electron chi connectivity index (χ2n) is 7.97. The van der Waals surface area contributed by atoms with Crippen LogP contribution in [-0.2, 0) is 36.0 Å². The average Bonchev–Trinajstić information content (AvgIpc) is 3.33. The van der Waals surface area contributed by atoms with Crippen molar-refractivity contribution in [2.45, 2.75) is 38.8 Å². The molecule has 34 heavy (non-hydrogen) atoms. The van der Waals surface area contributed by atoms with Crippen LogP contribution in [0.4, 0.5) is 9.80 Å². The second kappa shape index (κ2) is 10.3. The van der Waals surface area contributed by atoms with Crippen LogP contribution in [0.5, 0.6) is 0 Å². The van der Waals surface area contributed by atoms with Gasteiger partial charge in [0.15, 0.2) is 0 Å². The standard InChI is InChI=1S/C24H24N6O3S/c1-15-17(14-30(2)29-15)13-27-24(32)33-18-6-7-19-20(11-25)23(34-21(19)10-18)28-22(31)8-5-16-4-3-9-26-12-16/h3-5,8-9,12,14,18H,6-7,10,13H2,1-2H3,(H,27,32)(H,28,31). The van der Waals surface area contributed by atoms with Gasteiger partial charge in [-0.2, -0.15) is 10.4 Å². The summed E-state index contributed by atoms with van der Waals surface area (Å²) in [6.07, 6.45) is 9.22. The molecule has 3 aromatic rings. The fourth-order valence-corrected chi connectivity index (χ4v) is 5.11. The Morgan fingerprint density at radius 2 is 2.29 bits per heavy atom. The van der Waals surface area contributed by atoms with Crippen LogP contribution in [0.3, 0.4) is 0 Å². The van der Waals surface area contributed by atoms with E-state index in [1.165, 1.54) is 17.4 Å². The van der Waals surface area contributed by atoms with Crippen LogP contribution in [0.2, 0.25) is 0 Å². The molecule has 3 aromatic heterocycles. The molecule has 1 aliphatic rings. The molecule has 0 aromatic carbocycles. The zero-order valence-electron chi connectivity index (χ0n) is 18.9. The van der Waals surface area contributed by atoms with Gasteiger partial charge in [0, 0.05) is 55.1 Å². The molecule has 1 aliphatic carbocycles. The molecule has 4 rings (SSSR count). The van der Waals surface area contributed by atoms with Crippen molar-refractivity contribution < 1.29 is 14.3 Å². The fourth-order valence-electron chi connectivity index (χ4n) is 3.85. The molecule has 0 spiro atoms. The molecule has 10 heteroatoms. The molecule has 174 valence electrons. The first-order chi connectivity index (χ1) is 16.4.